The van der Waals surface area contributed by atoms with E-state index in [0.29, 0.717) is 25.2 Å². The van der Waals surface area contributed by atoms with Crippen molar-refractivity contribution in [3.63, 3.8) is 0 Å². The van der Waals surface area contributed by atoms with Gasteiger partial charge in [-0.15, -0.1) is 0 Å². The lowest BCUT2D eigenvalue weighted by atomic mass is 10.0. The average Bonchev–Trinajstić information content (AvgIpc) is 3.30. The number of imidazole rings is 1. The van der Waals surface area contributed by atoms with Gasteiger partial charge in [0.2, 0.25) is 0 Å². The molecule has 1 aromatic carbocycles. The van der Waals surface area contributed by atoms with Crippen molar-refractivity contribution < 1.29 is 13.6 Å². The Labute approximate surface area is 160 Å². The van der Waals surface area contributed by atoms with E-state index in [1.165, 1.54) is 0 Å². The Hall–Kier alpha value is -3.16. The molecule has 1 aliphatic heterocycles. The smallest absolute Gasteiger partial charge is 0.254 e. The molecular formula is C20H19F2N5O. The summed E-state index contributed by atoms with van der Waals surface area (Å²) >= 11 is 0. The van der Waals surface area contributed by atoms with Gasteiger partial charge in [0, 0.05) is 50.4 Å². The molecule has 28 heavy (non-hydrogen) atoms. The Morgan fingerprint density at radius 1 is 1.14 bits per heavy atom. The molecule has 0 radical (unpaired) electrons. The number of hydrogen-bond donors (Lipinski definition) is 0. The second kappa shape index (κ2) is 7.46. The largest absolute Gasteiger partial charge is 0.338 e. The molecule has 1 fully saturated rings. The lowest BCUT2D eigenvalue weighted by Gasteiger charge is -2.16. The molecule has 3 heterocycles. The summed E-state index contributed by atoms with van der Waals surface area (Å²) in [7, 11) is 1.90. The zero-order chi connectivity index (χ0) is 19.7. The van der Waals surface area contributed by atoms with Crippen molar-refractivity contribution in [2.45, 2.75) is 12.8 Å². The molecule has 6 nitrogen and oxygen atoms in total. The van der Waals surface area contributed by atoms with Crippen LogP contribution >= 0.6 is 0 Å². The number of likely N-dealkylation sites (tertiary alicyclic amines) is 1. The maximum absolute atomic E-state index is 13.4. The van der Waals surface area contributed by atoms with Crippen LogP contribution in [0.2, 0.25) is 0 Å². The predicted molar refractivity (Wildman–Crippen MR) is 98.3 cm³/mol. The first kappa shape index (κ1) is 18.2. The molecule has 1 atom stereocenters. The summed E-state index contributed by atoms with van der Waals surface area (Å²) in [5.41, 5.74) is 1.58. The molecular weight excluding hydrogens is 364 g/mol. The first-order chi connectivity index (χ1) is 13.5. The second-order valence-corrected chi connectivity index (χ2v) is 7.02. The SMILES string of the molecule is Cn1ccnc1-c1cnc(CC2CCN(C(=O)c3cc(F)cc(F)c3)C2)cn1. The van der Waals surface area contributed by atoms with Crippen LogP contribution in [-0.2, 0) is 13.5 Å². The quantitative estimate of drug-likeness (QED) is 0.695. The van der Waals surface area contributed by atoms with Gasteiger partial charge in [0.05, 0.1) is 11.9 Å². The van der Waals surface area contributed by atoms with Gasteiger partial charge < -0.3 is 9.47 Å². The van der Waals surface area contributed by atoms with E-state index in [2.05, 4.69) is 15.0 Å². The number of hydrogen-bond acceptors (Lipinski definition) is 4. The molecule has 0 N–H and O–H groups in total. The lowest BCUT2D eigenvalue weighted by Crippen LogP contribution is -2.29. The van der Waals surface area contributed by atoms with Gasteiger partial charge in [-0.05, 0) is 30.9 Å². The summed E-state index contributed by atoms with van der Waals surface area (Å²) in [5.74, 6) is -0.865. The Morgan fingerprint density at radius 2 is 1.93 bits per heavy atom. The number of carbonyl (C=O) groups is 1. The molecule has 3 aromatic rings. The van der Waals surface area contributed by atoms with Gasteiger partial charge in [0.25, 0.3) is 5.91 Å². The first-order valence-corrected chi connectivity index (χ1v) is 9.03. The fourth-order valence-electron chi connectivity index (χ4n) is 3.53. The second-order valence-electron chi connectivity index (χ2n) is 7.02. The van der Waals surface area contributed by atoms with Crippen molar-refractivity contribution in [1.29, 1.82) is 0 Å². The van der Waals surface area contributed by atoms with Crippen LogP contribution < -0.4 is 0 Å². The van der Waals surface area contributed by atoms with Crippen LogP contribution in [0.4, 0.5) is 8.78 Å². The number of carbonyl (C=O) groups excluding carboxylic acids is 1. The molecule has 1 unspecified atom stereocenters. The van der Waals surface area contributed by atoms with Gasteiger partial charge in [0.1, 0.15) is 17.3 Å². The average molecular weight is 383 g/mol. The van der Waals surface area contributed by atoms with Crippen molar-refractivity contribution in [2.24, 2.45) is 13.0 Å². The lowest BCUT2D eigenvalue weighted by molar-refractivity contribution is 0.0786. The highest BCUT2D eigenvalue weighted by Crippen LogP contribution is 2.23. The summed E-state index contributed by atoms with van der Waals surface area (Å²) in [5, 5.41) is 0. The summed E-state index contributed by atoms with van der Waals surface area (Å²) in [6.07, 6.45) is 8.49. The van der Waals surface area contributed by atoms with E-state index in [-0.39, 0.29) is 17.4 Å². The van der Waals surface area contributed by atoms with Crippen LogP contribution in [0.3, 0.4) is 0 Å². The molecule has 4 rings (SSSR count). The van der Waals surface area contributed by atoms with Gasteiger partial charge >= 0.3 is 0 Å². The van der Waals surface area contributed by atoms with E-state index in [0.717, 1.165) is 36.1 Å². The zero-order valence-corrected chi connectivity index (χ0v) is 15.3. The highest BCUT2D eigenvalue weighted by Gasteiger charge is 2.28. The fourth-order valence-corrected chi connectivity index (χ4v) is 3.53. The molecule has 2 aromatic heterocycles. The third-order valence-corrected chi connectivity index (χ3v) is 4.94. The Morgan fingerprint density at radius 3 is 2.57 bits per heavy atom. The van der Waals surface area contributed by atoms with Crippen LogP contribution in [0, 0.1) is 17.6 Å². The van der Waals surface area contributed by atoms with Gasteiger partial charge in [-0.25, -0.2) is 18.7 Å². The van der Waals surface area contributed by atoms with Crippen molar-refractivity contribution in [3.8, 4) is 11.5 Å². The van der Waals surface area contributed by atoms with Crippen molar-refractivity contribution in [3.05, 3.63) is 65.9 Å². The Kier molecular flexibility index (Phi) is 4.85. The predicted octanol–water partition coefficient (Wildman–Crippen LogP) is 2.86. The van der Waals surface area contributed by atoms with E-state index in [4.69, 9.17) is 0 Å². The highest BCUT2D eigenvalue weighted by molar-refractivity contribution is 5.94. The van der Waals surface area contributed by atoms with Crippen molar-refractivity contribution in [2.75, 3.05) is 13.1 Å². The van der Waals surface area contributed by atoms with Crippen LogP contribution in [0.25, 0.3) is 11.5 Å². The van der Waals surface area contributed by atoms with E-state index in [9.17, 15) is 13.6 Å². The van der Waals surface area contributed by atoms with E-state index in [1.54, 1.807) is 23.5 Å². The van der Waals surface area contributed by atoms with Crippen LogP contribution in [0.15, 0.2) is 43.0 Å². The number of nitrogens with zero attached hydrogens (tertiary/aromatic N) is 5. The molecule has 0 saturated carbocycles. The molecule has 0 aliphatic carbocycles. The van der Waals surface area contributed by atoms with Crippen molar-refractivity contribution >= 4 is 5.91 Å². The molecule has 0 bridgehead atoms. The van der Waals surface area contributed by atoms with E-state index >= 15 is 0 Å². The molecule has 1 amide bonds. The molecule has 0 spiro atoms. The monoisotopic (exact) mass is 383 g/mol. The van der Waals surface area contributed by atoms with E-state index in [1.807, 2.05) is 17.8 Å². The maximum atomic E-state index is 13.4. The van der Waals surface area contributed by atoms with Crippen LogP contribution in [-0.4, -0.2) is 43.4 Å². The Balaban J connectivity index is 1.39. The summed E-state index contributed by atoms with van der Waals surface area (Å²) in [6.45, 7) is 1.08. The highest BCUT2D eigenvalue weighted by atomic mass is 19.1. The standard InChI is InChI=1S/C20H19F2N5O/c1-26-5-3-23-19(26)18-11-24-17(10-25-18)6-13-2-4-27(12-13)20(28)14-7-15(21)9-16(22)8-14/h3,5,7-11,13H,2,4,6,12H2,1H3. The number of amides is 1. The minimum atomic E-state index is -0.748. The van der Waals surface area contributed by atoms with Gasteiger partial charge in [-0.3, -0.25) is 9.78 Å². The number of aryl methyl sites for hydroxylation is 1. The topological polar surface area (TPSA) is 63.9 Å². The molecule has 1 aliphatic rings. The maximum Gasteiger partial charge on any atom is 0.254 e. The van der Waals surface area contributed by atoms with Gasteiger partial charge in [0.15, 0.2) is 5.82 Å². The normalized spacial score (nSPS) is 16.5. The molecule has 8 heteroatoms. The van der Waals surface area contributed by atoms with Crippen LogP contribution in [0.1, 0.15) is 22.5 Å². The Bertz CT molecular complexity index is 982. The summed E-state index contributed by atoms with van der Waals surface area (Å²) in [4.78, 5) is 27.3. The molecule has 1 saturated heterocycles. The fraction of sp³-hybridized carbons (Fsp3) is 0.300. The summed E-state index contributed by atoms with van der Waals surface area (Å²) in [6, 6.07) is 2.90. The third-order valence-electron chi connectivity index (χ3n) is 4.94. The van der Waals surface area contributed by atoms with Gasteiger partial charge in [-0.1, -0.05) is 0 Å². The van der Waals surface area contributed by atoms with Crippen molar-refractivity contribution in [1.82, 2.24) is 24.4 Å². The number of rotatable bonds is 4. The van der Waals surface area contributed by atoms with Gasteiger partial charge in [-0.2, -0.15) is 0 Å². The van der Waals surface area contributed by atoms with Crippen LogP contribution in [0.5, 0.6) is 0 Å². The first-order valence-electron chi connectivity index (χ1n) is 9.03. The number of benzene rings is 1. The van der Waals surface area contributed by atoms with E-state index < -0.39 is 11.6 Å². The number of halogens is 2. The third kappa shape index (κ3) is 3.76. The minimum Gasteiger partial charge on any atom is -0.338 e. The number of aromatic nitrogens is 4. The summed E-state index contributed by atoms with van der Waals surface area (Å²) < 4.78 is 28.6. The zero-order valence-electron chi connectivity index (χ0n) is 15.3. The minimum absolute atomic E-state index is 0.0392. The molecule has 144 valence electrons.